The summed E-state index contributed by atoms with van der Waals surface area (Å²) in [5.41, 5.74) is 0. The minimum atomic E-state index is -0.190. The summed E-state index contributed by atoms with van der Waals surface area (Å²) in [6, 6.07) is 0.569. The number of carbonyl (C=O) groups is 1. The van der Waals surface area contributed by atoms with E-state index >= 15 is 0 Å². The maximum atomic E-state index is 11.9. The fourth-order valence-corrected chi connectivity index (χ4v) is 3.24. The zero-order chi connectivity index (χ0) is 12.4. The standard InChI is InChI=1S/C13H20N2O2/c1-3-6-14-13(17)9(2)15-10-4-5-11(15)8-12(16)7-10/h1,9-12,16H,4-8H2,2H3,(H,14,17). The van der Waals surface area contributed by atoms with Crippen molar-refractivity contribution in [3.63, 3.8) is 0 Å². The lowest BCUT2D eigenvalue weighted by atomic mass is 9.98. The van der Waals surface area contributed by atoms with Crippen molar-refractivity contribution < 1.29 is 9.90 Å². The number of hydrogen-bond acceptors (Lipinski definition) is 3. The molecule has 3 atom stereocenters. The smallest absolute Gasteiger partial charge is 0.237 e. The fourth-order valence-electron chi connectivity index (χ4n) is 3.24. The minimum Gasteiger partial charge on any atom is -0.393 e. The van der Waals surface area contributed by atoms with E-state index < -0.39 is 0 Å². The van der Waals surface area contributed by atoms with E-state index in [1.807, 2.05) is 6.92 Å². The third-order valence-corrected chi connectivity index (χ3v) is 3.96. The Labute approximate surface area is 102 Å². The molecule has 0 aromatic heterocycles. The summed E-state index contributed by atoms with van der Waals surface area (Å²) in [6.45, 7) is 2.21. The minimum absolute atomic E-state index is 0.00348. The first-order chi connectivity index (χ1) is 8.13. The van der Waals surface area contributed by atoms with Crippen LogP contribution >= 0.6 is 0 Å². The number of piperidine rings is 1. The van der Waals surface area contributed by atoms with Crippen LogP contribution in [0.2, 0.25) is 0 Å². The second kappa shape index (κ2) is 5.07. The van der Waals surface area contributed by atoms with Crippen molar-refractivity contribution in [3.8, 4) is 12.3 Å². The second-order valence-electron chi connectivity index (χ2n) is 5.06. The van der Waals surface area contributed by atoms with Gasteiger partial charge in [0.1, 0.15) is 0 Å². The third-order valence-electron chi connectivity index (χ3n) is 3.96. The fraction of sp³-hybridized carbons (Fsp3) is 0.769. The number of carbonyl (C=O) groups excluding carboxylic acids is 1. The van der Waals surface area contributed by atoms with Crippen molar-refractivity contribution in [2.45, 2.75) is 56.8 Å². The van der Waals surface area contributed by atoms with Gasteiger partial charge in [0.2, 0.25) is 5.91 Å². The molecule has 2 heterocycles. The van der Waals surface area contributed by atoms with Crippen LogP contribution in [-0.2, 0) is 4.79 Å². The Morgan fingerprint density at radius 1 is 1.53 bits per heavy atom. The molecule has 1 amide bonds. The van der Waals surface area contributed by atoms with E-state index in [9.17, 15) is 9.90 Å². The molecule has 3 unspecified atom stereocenters. The van der Waals surface area contributed by atoms with Gasteiger partial charge in [-0.1, -0.05) is 5.92 Å². The predicted molar refractivity (Wildman–Crippen MR) is 65.2 cm³/mol. The molecule has 4 nitrogen and oxygen atoms in total. The maximum absolute atomic E-state index is 11.9. The van der Waals surface area contributed by atoms with Gasteiger partial charge < -0.3 is 10.4 Å². The summed E-state index contributed by atoms with van der Waals surface area (Å²) in [5, 5.41) is 12.4. The summed E-state index contributed by atoms with van der Waals surface area (Å²) >= 11 is 0. The molecule has 0 aliphatic carbocycles. The van der Waals surface area contributed by atoms with E-state index in [0.717, 1.165) is 25.7 Å². The summed E-state index contributed by atoms with van der Waals surface area (Å²) in [5.74, 6) is 2.41. The van der Waals surface area contributed by atoms with Gasteiger partial charge in [0.25, 0.3) is 0 Å². The number of rotatable bonds is 3. The van der Waals surface area contributed by atoms with Crippen molar-refractivity contribution >= 4 is 5.91 Å². The average molecular weight is 236 g/mol. The molecule has 94 valence electrons. The number of aliphatic hydroxyl groups is 1. The average Bonchev–Trinajstić information content (AvgIpc) is 2.57. The van der Waals surface area contributed by atoms with Gasteiger partial charge in [-0.3, -0.25) is 9.69 Å². The summed E-state index contributed by atoms with van der Waals surface area (Å²) in [6.07, 6.45) is 8.71. The van der Waals surface area contributed by atoms with Crippen LogP contribution in [0.1, 0.15) is 32.6 Å². The first kappa shape index (κ1) is 12.4. The van der Waals surface area contributed by atoms with Gasteiger partial charge in [-0.05, 0) is 32.6 Å². The van der Waals surface area contributed by atoms with Crippen LogP contribution in [0.4, 0.5) is 0 Å². The number of aliphatic hydroxyl groups excluding tert-OH is 1. The molecule has 0 aromatic carbocycles. The van der Waals surface area contributed by atoms with Crippen LogP contribution in [-0.4, -0.2) is 46.7 Å². The molecule has 0 radical (unpaired) electrons. The van der Waals surface area contributed by atoms with Crippen molar-refractivity contribution in [3.05, 3.63) is 0 Å². The van der Waals surface area contributed by atoms with Crippen molar-refractivity contribution in [2.24, 2.45) is 0 Å². The Morgan fingerprint density at radius 3 is 2.65 bits per heavy atom. The van der Waals surface area contributed by atoms with Crippen LogP contribution in [0, 0.1) is 12.3 Å². The molecule has 0 saturated carbocycles. The number of nitrogens with one attached hydrogen (secondary N) is 1. The Hall–Kier alpha value is -1.05. The number of nitrogens with zero attached hydrogens (tertiary/aromatic N) is 1. The lowest BCUT2D eigenvalue weighted by Crippen LogP contribution is -2.54. The number of hydrogen-bond donors (Lipinski definition) is 2. The highest BCUT2D eigenvalue weighted by atomic mass is 16.3. The monoisotopic (exact) mass is 236 g/mol. The molecule has 0 spiro atoms. The topological polar surface area (TPSA) is 52.6 Å². The number of terminal acetylenes is 1. The zero-order valence-corrected chi connectivity index (χ0v) is 10.2. The quantitative estimate of drug-likeness (QED) is 0.684. The molecule has 2 aliphatic rings. The van der Waals surface area contributed by atoms with Gasteiger partial charge in [0, 0.05) is 12.1 Å². The number of fused-ring (bicyclic) bond motifs is 2. The van der Waals surface area contributed by atoms with Crippen molar-refractivity contribution in [2.75, 3.05) is 6.54 Å². The van der Waals surface area contributed by atoms with Crippen LogP contribution < -0.4 is 5.32 Å². The summed E-state index contributed by atoms with van der Waals surface area (Å²) < 4.78 is 0. The molecule has 2 aliphatic heterocycles. The highest BCUT2D eigenvalue weighted by Crippen LogP contribution is 2.37. The Kier molecular flexibility index (Phi) is 3.70. The Balaban J connectivity index is 1.98. The summed E-state index contributed by atoms with van der Waals surface area (Å²) in [4.78, 5) is 14.2. The van der Waals surface area contributed by atoms with Crippen molar-refractivity contribution in [1.82, 2.24) is 10.2 Å². The molecule has 2 saturated heterocycles. The van der Waals surface area contributed by atoms with Crippen LogP contribution in [0.15, 0.2) is 0 Å². The van der Waals surface area contributed by atoms with E-state index in [0.29, 0.717) is 12.1 Å². The van der Waals surface area contributed by atoms with Gasteiger partial charge in [-0.15, -0.1) is 6.42 Å². The van der Waals surface area contributed by atoms with Gasteiger partial charge in [-0.2, -0.15) is 0 Å². The molecule has 17 heavy (non-hydrogen) atoms. The molecule has 0 aromatic rings. The van der Waals surface area contributed by atoms with Gasteiger partial charge in [0.05, 0.1) is 18.7 Å². The van der Waals surface area contributed by atoms with Gasteiger partial charge >= 0.3 is 0 Å². The van der Waals surface area contributed by atoms with Crippen molar-refractivity contribution in [1.29, 1.82) is 0 Å². The molecule has 2 bridgehead atoms. The van der Waals surface area contributed by atoms with E-state index in [1.165, 1.54) is 0 Å². The zero-order valence-electron chi connectivity index (χ0n) is 10.2. The SMILES string of the molecule is C#CCNC(=O)C(C)N1C2CCC1CC(O)C2. The predicted octanol–water partition coefficient (Wildman–Crippen LogP) is 0.112. The number of amides is 1. The van der Waals surface area contributed by atoms with E-state index in [4.69, 9.17) is 6.42 Å². The highest BCUT2D eigenvalue weighted by Gasteiger charge is 2.43. The van der Waals surface area contributed by atoms with Gasteiger partial charge in [-0.25, -0.2) is 0 Å². The van der Waals surface area contributed by atoms with Crippen LogP contribution in [0.5, 0.6) is 0 Å². The van der Waals surface area contributed by atoms with E-state index in [-0.39, 0.29) is 24.6 Å². The maximum Gasteiger partial charge on any atom is 0.237 e. The summed E-state index contributed by atoms with van der Waals surface area (Å²) in [7, 11) is 0. The first-order valence-electron chi connectivity index (χ1n) is 6.30. The highest BCUT2D eigenvalue weighted by molar-refractivity contribution is 5.81. The first-order valence-corrected chi connectivity index (χ1v) is 6.30. The molecule has 2 rings (SSSR count). The lowest BCUT2D eigenvalue weighted by Gasteiger charge is -2.40. The molecule has 4 heteroatoms. The van der Waals surface area contributed by atoms with Crippen LogP contribution in [0.25, 0.3) is 0 Å². The third kappa shape index (κ3) is 2.46. The lowest BCUT2D eigenvalue weighted by molar-refractivity contribution is -0.128. The Morgan fingerprint density at radius 2 is 2.12 bits per heavy atom. The second-order valence-corrected chi connectivity index (χ2v) is 5.06. The Bertz CT molecular complexity index is 323. The largest absolute Gasteiger partial charge is 0.393 e. The van der Waals surface area contributed by atoms with E-state index in [1.54, 1.807) is 0 Å². The molecule has 2 fully saturated rings. The van der Waals surface area contributed by atoms with Crippen LogP contribution in [0.3, 0.4) is 0 Å². The normalized spacial score (nSPS) is 34.1. The molecular weight excluding hydrogens is 216 g/mol. The van der Waals surface area contributed by atoms with Gasteiger partial charge in [0.15, 0.2) is 0 Å². The molecular formula is C13H20N2O2. The molecule has 2 N–H and O–H groups in total. The van der Waals surface area contributed by atoms with E-state index in [2.05, 4.69) is 16.1 Å².